The van der Waals surface area contributed by atoms with Gasteiger partial charge in [-0.1, -0.05) is 24.6 Å². The topological polar surface area (TPSA) is 21.3 Å². The van der Waals surface area contributed by atoms with Crippen molar-refractivity contribution >= 4 is 17.3 Å². The molecule has 0 fully saturated rings. The fourth-order valence-corrected chi connectivity index (χ4v) is 1.52. The summed E-state index contributed by atoms with van der Waals surface area (Å²) in [7, 11) is 1.72. The Labute approximate surface area is 96.6 Å². The maximum Gasteiger partial charge on any atom is 0.0504 e. The van der Waals surface area contributed by atoms with E-state index in [0.29, 0.717) is 5.92 Å². The Hall–Kier alpha value is -0.730. The van der Waals surface area contributed by atoms with Crippen LogP contribution in [-0.4, -0.2) is 20.3 Å². The average Bonchev–Trinajstić information content (AvgIpc) is 2.20. The zero-order valence-corrected chi connectivity index (χ0v) is 10.3. The number of aryl methyl sites for hydroxylation is 1. The van der Waals surface area contributed by atoms with Crippen molar-refractivity contribution in [3.63, 3.8) is 0 Å². The summed E-state index contributed by atoms with van der Waals surface area (Å²) >= 11 is 6.03. The maximum atomic E-state index is 6.03. The summed E-state index contributed by atoms with van der Waals surface area (Å²) in [6, 6.07) is 6.02. The van der Waals surface area contributed by atoms with Crippen LogP contribution in [0.15, 0.2) is 18.2 Å². The lowest BCUT2D eigenvalue weighted by Gasteiger charge is -2.13. The van der Waals surface area contributed by atoms with Crippen LogP contribution in [0.2, 0.25) is 5.02 Å². The van der Waals surface area contributed by atoms with Gasteiger partial charge < -0.3 is 10.1 Å². The minimum absolute atomic E-state index is 0.495. The Balaban J connectivity index is 2.47. The van der Waals surface area contributed by atoms with E-state index in [0.717, 1.165) is 29.4 Å². The summed E-state index contributed by atoms with van der Waals surface area (Å²) in [5.74, 6) is 0.495. The molecule has 1 rings (SSSR count). The summed E-state index contributed by atoms with van der Waals surface area (Å²) in [5.41, 5.74) is 2.17. The first-order valence-corrected chi connectivity index (χ1v) is 5.50. The van der Waals surface area contributed by atoms with E-state index >= 15 is 0 Å². The standard InChI is InChI=1S/C12H18ClNO/c1-9(8-15-3)7-14-11-5-4-10(2)12(13)6-11/h4-6,9,14H,7-8H2,1-3H3. The van der Waals surface area contributed by atoms with Gasteiger partial charge in [-0.15, -0.1) is 0 Å². The molecule has 0 radical (unpaired) electrons. The van der Waals surface area contributed by atoms with Crippen molar-refractivity contribution in [3.05, 3.63) is 28.8 Å². The molecule has 0 aliphatic rings. The van der Waals surface area contributed by atoms with Crippen LogP contribution in [0.5, 0.6) is 0 Å². The first-order valence-electron chi connectivity index (χ1n) is 5.12. The van der Waals surface area contributed by atoms with Crippen LogP contribution in [0.1, 0.15) is 12.5 Å². The zero-order valence-electron chi connectivity index (χ0n) is 9.51. The van der Waals surface area contributed by atoms with Gasteiger partial charge in [-0.05, 0) is 30.5 Å². The van der Waals surface area contributed by atoms with Crippen LogP contribution in [-0.2, 0) is 4.74 Å². The van der Waals surface area contributed by atoms with Gasteiger partial charge in [0, 0.05) is 24.4 Å². The Bertz CT molecular complexity index is 314. The highest BCUT2D eigenvalue weighted by Crippen LogP contribution is 2.20. The highest BCUT2D eigenvalue weighted by Gasteiger charge is 2.02. The molecular formula is C12H18ClNO. The Kier molecular flexibility index (Phi) is 4.92. The lowest BCUT2D eigenvalue weighted by molar-refractivity contribution is 0.164. The predicted molar refractivity (Wildman–Crippen MR) is 65.7 cm³/mol. The molecule has 84 valence electrons. The third-order valence-electron chi connectivity index (χ3n) is 2.28. The van der Waals surface area contributed by atoms with E-state index in [1.165, 1.54) is 0 Å². The Morgan fingerprint density at radius 3 is 2.80 bits per heavy atom. The van der Waals surface area contributed by atoms with Crippen LogP contribution in [0.4, 0.5) is 5.69 Å². The summed E-state index contributed by atoms with van der Waals surface area (Å²) in [4.78, 5) is 0. The summed E-state index contributed by atoms with van der Waals surface area (Å²) in [6.45, 7) is 5.81. The molecule has 0 saturated carbocycles. The SMILES string of the molecule is COCC(C)CNc1ccc(C)c(Cl)c1. The number of benzene rings is 1. The van der Waals surface area contributed by atoms with E-state index in [1.807, 2.05) is 25.1 Å². The number of rotatable bonds is 5. The molecule has 1 N–H and O–H groups in total. The number of nitrogens with one attached hydrogen (secondary N) is 1. The summed E-state index contributed by atoms with van der Waals surface area (Å²) < 4.78 is 5.07. The molecule has 0 aliphatic carbocycles. The molecule has 0 spiro atoms. The highest BCUT2D eigenvalue weighted by atomic mass is 35.5. The number of halogens is 1. The van der Waals surface area contributed by atoms with Crippen LogP contribution < -0.4 is 5.32 Å². The van der Waals surface area contributed by atoms with Crippen molar-refractivity contribution in [2.45, 2.75) is 13.8 Å². The third kappa shape index (κ3) is 4.10. The minimum Gasteiger partial charge on any atom is -0.385 e. The monoisotopic (exact) mass is 227 g/mol. The van der Waals surface area contributed by atoms with Gasteiger partial charge in [0.05, 0.1) is 6.61 Å². The average molecular weight is 228 g/mol. The number of hydrogen-bond acceptors (Lipinski definition) is 2. The van der Waals surface area contributed by atoms with Crippen molar-refractivity contribution < 1.29 is 4.74 Å². The second kappa shape index (κ2) is 5.99. The molecule has 0 heterocycles. The van der Waals surface area contributed by atoms with E-state index in [9.17, 15) is 0 Å². The lowest BCUT2D eigenvalue weighted by atomic mass is 10.2. The number of methoxy groups -OCH3 is 1. The predicted octanol–water partition coefficient (Wildman–Crippen LogP) is 3.34. The fraction of sp³-hybridized carbons (Fsp3) is 0.500. The molecule has 0 saturated heterocycles. The summed E-state index contributed by atoms with van der Waals surface area (Å²) in [6.07, 6.45) is 0. The zero-order chi connectivity index (χ0) is 11.3. The molecule has 0 amide bonds. The molecule has 3 heteroatoms. The Morgan fingerprint density at radius 1 is 1.47 bits per heavy atom. The molecule has 1 aromatic carbocycles. The van der Waals surface area contributed by atoms with E-state index in [1.54, 1.807) is 7.11 Å². The Morgan fingerprint density at radius 2 is 2.20 bits per heavy atom. The van der Waals surface area contributed by atoms with Gasteiger partial charge in [0.1, 0.15) is 0 Å². The van der Waals surface area contributed by atoms with E-state index < -0.39 is 0 Å². The van der Waals surface area contributed by atoms with E-state index in [-0.39, 0.29) is 0 Å². The van der Waals surface area contributed by atoms with Crippen molar-refractivity contribution in [1.82, 2.24) is 0 Å². The molecule has 15 heavy (non-hydrogen) atoms. The number of ether oxygens (including phenoxy) is 1. The fourth-order valence-electron chi connectivity index (χ4n) is 1.34. The molecular weight excluding hydrogens is 210 g/mol. The largest absolute Gasteiger partial charge is 0.385 e. The van der Waals surface area contributed by atoms with Crippen molar-refractivity contribution in [2.24, 2.45) is 5.92 Å². The molecule has 1 unspecified atom stereocenters. The van der Waals surface area contributed by atoms with Gasteiger partial charge >= 0.3 is 0 Å². The molecule has 1 aromatic rings. The molecule has 0 bridgehead atoms. The molecule has 0 aromatic heterocycles. The second-order valence-corrected chi connectivity index (χ2v) is 4.31. The summed E-state index contributed by atoms with van der Waals surface area (Å²) in [5, 5.41) is 4.14. The van der Waals surface area contributed by atoms with Gasteiger partial charge in [-0.2, -0.15) is 0 Å². The number of hydrogen-bond donors (Lipinski definition) is 1. The van der Waals surface area contributed by atoms with Gasteiger partial charge in [0.25, 0.3) is 0 Å². The van der Waals surface area contributed by atoms with Gasteiger partial charge in [0.2, 0.25) is 0 Å². The quantitative estimate of drug-likeness (QED) is 0.833. The normalized spacial score (nSPS) is 12.5. The van der Waals surface area contributed by atoms with Gasteiger partial charge in [-0.3, -0.25) is 0 Å². The van der Waals surface area contributed by atoms with Crippen LogP contribution >= 0.6 is 11.6 Å². The lowest BCUT2D eigenvalue weighted by Crippen LogP contribution is -2.15. The van der Waals surface area contributed by atoms with Crippen LogP contribution in [0, 0.1) is 12.8 Å². The first-order chi connectivity index (χ1) is 7.13. The number of anilines is 1. The smallest absolute Gasteiger partial charge is 0.0504 e. The molecule has 2 nitrogen and oxygen atoms in total. The van der Waals surface area contributed by atoms with Crippen molar-refractivity contribution in [3.8, 4) is 0 Å². The van der Waals surface area contributed by atoms with Crippen molar-refractivity contribution in [2.75, 3.05) is 25.6 Å². The minimum atomic E-state index is 0.495. The van der Waals surface area contributed by atoms with Crippen LogP contribution in [0.25, 0.3) is 0 Å². The van der Waals surface area contributed by atoms with E-state index in [2.05, 4.69) is 12.2 Å². The van der Waals surface area contributed by atoms with E-state index in [4.69, 9.17) is 16.3 Å². The van der Waals surface area contributed by atoms with Crippen LogP contribution in [0.3, 0.4) is 0 Å². The molecule has 0 aliphatic heterocycles. The van der Waals surface area contributed by atoms with Gasteiger partial charge in [0.15, 0.2) is 0 Å². The first kappa shape index (κ1) is 12.3. The highest BCUT2D eigenvalue weighted by molar-refractivity contribution is 6.31. The third-order valence-corrected chi connectivity index (χ3v) is 2.68. The van der Waals surface area contributed by atoms with Gasteiger partial charge in [-0.25, -0.2) is 0 Å². The van der Waals surface area contributed by atoms with Crippen molar-refractivity contribution in [1.29, 1.82) is 0 Å². The molecule has 1 atom stereocenters. The maximum absolute atomic E-state index is 6.03. The second-order valence-electron chi connectivity index (χ2n) is 3.91.